The summed E-state index contributed by atoms with van der Waals surface area (Å²) in [6.07, 6.45) is 2.87. The van der Waals surface area contributed by atoms with E-state index in [9.17, 15) is 4.79 Å². The summed E-state index contributed by atoms with van der Waals surface area (Å²) in [6, 6.07) is 13.6. The highest BCUT2D eigenvalue weighted by molar-refractivity contribution is 5.85. The van der Waals surface area contributed by atoms with Gasteiger partial charge in [-0.3, -0.25) is 4.98 Å². The molecule has 27 heavy (non-hydrogen) atoms. The molecule has 1 aliphatic heterocycles. The molecule has 0 spiro atoms. The van der Waals surface area contributed by atoms with Crippen LogP contribution in [0, 0.1) is 0 Å². The van der Waals surface area contributed by atoms with Gasteiger partial charge in [0.05, 0.1) is 6.20 Å². The van der Waals surface area contributed by atoms with Crippen LogP contribution in [0.4, 0.5) is 4.79 Å². The lowest BCUT2D eigenvalue weighted by Crippen LogP contribution is -2.54. The van der Waals surface area contributed by atoms with Crippen LogP contribution in [0.3, 0.4) is 0 Å². The first-order valence-corrected chi connectivity index (χ1v) is 8.62. The molecule has 1 fully saturated rings. The molecule has 1 aromatic heterocycles. The topological polar surface area (TPSA) is 66.5 Å². The molecular formula is C19H26Cl2N4O2. The number of amides is 2. The van der Waals surface area contributed by atoms with E-state index in [4.69, 9.17) is 4.74 Å². The Morgan fingerprint density at radius 2 is 1.85 bits per heavy atom. The van der Waals surface area contributed by atoms with Crippen molar-refractivity contribution >= 4 is 30.8 Å². The van der Waals surface area contributed by atoms with Gasteiger partial charge >= 0.3 is 6.03 Å². The standard InChI is InChI=1S/C19H24N4O2.2ClH/c1-15(16-6-3-2-4-7-16)18(25-17-8-5-9-21-14-17)22-19(24)23-12-10-20-11-13-23;;/h2-9,14-15,18,20H,10-13H2,1H3,(H,22,24);2*1H/t15-,18-;;/m0../s1. The number of carbonyl (C=O) groups is 1. The summed E-state index contributed by atoms with van der Waals surface area (Å²) >= 11 is 0. The Bertz CT molecular complexity index is 670. The molecule has 2 atom stereocenters. The average Bonchev–Trinajstić information content (AvgIpc) is 2.69. The quantitative estimate of drug-likeness (QED) is 0.740. The largest absolute Gasteiger partial charge is 0.468 e. The molecule has 0 aliphatic carbocycles. The molecule has 1 saturated heterocycles. The lowest BCUT2D eigenvalue weighted by atomic mass is 9.99. The van der Waals surface area contributed by atoms with Crippen LogP contribution in [0.1, 0.15) is 18.4 Å². The summed E-state index contributed by atoms with van der Waals surface area (Å²) in [5, 5.41) is 6.29. The van der Waals surface area contributed by atoms with Crippen LogP contribution in [0.5, 0.6) is 5.75 Å². The number of piperazine rings is 1. The van der Waals surface area contributed by atoms with Gasteiger partial charge in [0.15, 0.2) is 6.23 Å². The molecule has 6 nitrogen and oxygen atoms in total. The van der Waals surface area contributed by atoms with Crippen LogP contribution in [0.2, 0.25) is 0 Å². The van der Waals surface area contributed by atoms with E-state index in [1.54, 1.807) is 12.4 Å². The maximum absolute atomic E-state index is 12.6. The van der Waals surface area contributed by atoms with Gasteiger partial charge in [-0.2, -0.15) is 0 Å². The van der Waals surface area contributed by atoms with Gasteiger partial charge in [0.2, 0.25) is 0 Å². The summed E-state index contributed by atoms with van der Waals surface area (Å²) in [7, 11) is 0. The zero-order valence-corrected chi connectivity index (χ0v) is 16.8. The molecular weight excluding hydrogens is 387 g/mol. The third kappa shape index (κ3) is 6.57. The zero-order chi connectivity index (χ0) is 17.5. The van der Waals surface area contributed by atoms with E-state index >= 15 is 0 Å². The fraction of sp³-hybridized carbons (Fsp3) is 0.368. The molecule has 3 rings (SSSR count). The van der Waals surface area contributed by atoms with Gasteiger partial charge in [0.25, 0.3) is 0 Å². The van der Waals surface area contributed by atoms with Gasteiger partial charge in [-0.25, -0.2) is 4.79 Å². The predicted octanol–water partition coefficient (Wildman–Crippen LogP) is 3.05. The predicted molar refractivity (Wildman–Crippen MR) is 111 cm³/mol. The number of hydrogen-bond acceptors (Lipinski definition) is 4. The van der Waals surface area contributed by atoms with Crippen molar-refractivity contribution in [3.63, 3.8) is 0 Å². The molecule has 0 radical (unpaired) electrons. The van der Waals surface area contributed by atoms with E-state index in [1.807, 2.05) is 47.4 Å². The smallest absolute Gasteiger partial charge is 0.320 e. The molecule has 1 aliphatic rings. The Balaban J connectivity index is 0.00000182. The minimum atomic E-state index is -0.478. The Morgan fingerprint density at radius 1 is 1.15 bits per heavy atom. The van der Waals surface area contributed by atoms with Crippen molar-refractivity contribution in [2.45, 2.75) is 19.1 Å². The first-order chi connectivity index (χ1) is 12.2. The SMILES string of the molecule is C[C@@H](c1ccccc1)[C@@H](NC(=O)N1CCNCC1)Oc1cccnc1.Cl.Cl. The first kappa shape index (κ1) is 23.0. The normalized spacial score (nSPS) is 15.5. The second-order valence-electron chi connectivity index (χ2n) is 6.11. The third-order valence-corrected chi connectivity index (χ3v) is 4.35. The van der Waals surface area contributed by atoms with Crippen molar-refractivity contribution in [2.75, 3.05) is 26.2 Å². The van der Waals surface area contributed by atoms with Gasteiger partial charge in [-0.15, -0.1) is 24.8 Å². The van der Waals surface area contributed by atoms with Gasteiger partial charge in [0.1, 0.15) is 5.75 Å². The number of urea groups is 1. The fourth-order valence-electron chi connectivity index (χ4n) is 2.83. The van der Waals surface area contributed by atoms with Gasteiger partial charge in [-0.1, -0.05) is 37.3 Å². The molecule has 1 aromatic carbocycles. The van der Waals surface area contributed by atoms with Crippen LogP contribution in [0.25, 0.3) is 0 Å². The van der Waals surface area contributed by atoms with Gasteiger partial charge < -0.3 is 20.3 Å². The Labute approximate surface area is 172 Å². The van der Waals surface area contributed by atoms with Gasteiger partial charge in [0, 0.05) is 38.3 Å². The summed E-state index contributed by atoms with van der Waals surface area (Å²) < 4.78 is 6.06. The van der Waals surface area contributed by atoms with E-state index in [1.165, 1.54) is 0 Å². The van der Waals surface area contributed by atoms with Crippen molar-refractivity contribution in [3.8, 4) is 5.75 Å². The molecule has 0 unspecified atom stereocenters. The van der Waals surface area contributed by atoms with Crippen LogP contribution >= 0.6 is 24.8 Å². The molecule has 0 saturated carbocycles. The highest BCUT2D eigenvalue weighted by atomic mass is 35.5. The number of rotatable bonds is 5. The number of nitrogens with one attached hydrogen (secondary N) is 2. The van der Waals surface area contributed by atoms with Crippen LogP contribution in [-0.4, -0.2) is 48.3 Å². The number of benzene rings is 1. The molecule has 8 heteroatoms. The molecule has 0 bridgehead atoms. The number of carbonyl (C=O) groups excluding carboxylic acids is 1. The van der Waals surface area contributed by atoms with Crippen LogP contribution in [-0.2, 0) is 0 Å². The molecule has 2 N–H and O–H groups in total. The number of aromatic nitrogens is 1. The van der Waals surface area contributed by atoms with Crippen molar-refractivity contribution in [1.29, 1.82) is 0 Å². The number of ether oxygens (including phenoxy) is 1. The summed E-state index contributed by atoms with van der Waals surface area (Å²) in [5.41, 5.74) is 1.11. The summed E-state index contributed by atoms with van der Waals surface area (Å²) in [5.74, 6) is 0.629. The lowest BCUT2D eigenvalue weighted by molar-refractivity contribution is 0.124. The average molecular weight is 413 g/mol. The summed E-state index contributed by atoms with van der Waals surface area (Å²) in [6.45, 7) is 5.08. The van der Waals surface area contributed by atoms with Crippen molar-refractivity contribution in [2.24, 2.45) is 0 Å². The first-order valence-electron chi connectivity index (χ1n) is 8.62. The van der Waals surface area contributed by atoms with Crippen molar-refractivity contribution < 1.29 is 9.53 Å². The molecule has 2 heterocycles. The van der Waals surface area contributed by atoms with Crippen molar-refractivity contribution in [3.05, 3.63) is 60.4 Å². The van der Waals surface area contributed by atoms with Crippen molar-refractivity contribution in [1.82, 2.24) is 20.5 Å². The fourth-order valence-corrected chi connectivity index (χ4v) is 2.83. The minimum Gasteiger partial charge on any atom is -0.468 e. The highest BCUT2D eigenvalue weighted by Gasteiger charge is 2.26. The maximum Gasteiger partial charge on any atom is 0.320 e. The molecule has 2 amide bonds. The Hall–Kier alpha value is -2.02. The van der Waals surface area contributed by atoms with E-state index in [0.717, 1.165) is 18.7 Å². The third-order valence-electron chi connectivity index (χ3n) is 4.35. The maximum atomic E-state index is 12.6. The van der Waals surface area contributed by atoms with E-state index in [2.05, 4.69) is 22.5 Å². The van der Waals surface area contributed by atoms with Crippen LogP contribution in [0.15, 0.2) is 54.9 Å². The van der Waals surface area contributed by atoms with E-state index in [0.29, 0.717) is 18.8 Å². The summed E-state index contributed by atoms with van der Waals surface area (Å²) in [4.78, 5) is 18.5. The van der Waals surface area contributed by atoms with E-state index < -0.39 is 6.23 Å². The monoisotopic (exact) mass is 412 g/mol. The second-order valence-corrected chi connectivity index (χ2v) is 6.11. The van der Waals surface area contributed by atoms with Crippen LogP contribution < -0.4 is 15.4 Å². The number of pyridine rings is 1. The highest BCUT2D eigenvalue weighted by Crippen LogP contribution is 2.22. The Morgan fingerprint density at radius 3 is 2.48 bits per heavy atom. The Kier molecular flexibility index (Phi) is 9.93. The zero-order valence-electron chi connectivity index (χ0n) is 15.2. The minimum absolute atomic E-state index is 0. The number of halogens is 2. The second kappa shape index (κ2) is 11.6. The molecule has 2 aromatic rings. The van der Waals surface area contributed by atoms with Gasteiger partial charge in [-0.05, 0) is 17.7 Å². The number of nitrogens with zero attached hydrogens (tertiary/aromatic N) is 2. The molecule has 148 valence electrons. The number of hydrogen-bond donors (Lipinski definition) is 2. The lowest BCUT2D eigenvalue weighted by Gasteiger charge is -2.32. The van der Waals surface area contributed by atoms with E-state index in [-0.39, 0.29) is 36.8 Å².